The molecule has 5 heteroatoms. The van der Waals surface area contributed by atoms with Gasteiger partial charge in [0.15, 0.2) is 0 Å². The number of hydrogen-bond acceptors (Lipinski definition) is 1. The SMILES string of the molecule is NCCCCCCCCC[Si](Cl)(Cl)Cl. The molecule has 0 radical (unpaired) electrons. The van der Waals surface area contributed by atoms with Crippen LogP contribution in [0.1, 0.15) is 44.9 Å². The summed E-state index contributed by atoms with van der Waals surface area (Å²) < 4.78 is 0. The number of nitrogens with two attached hydrogens (primary N) is 1. The maximum atomic E-state index is 5.77. The summed E-state index contributed by atoms with van der Waals surface area (Å²) >= 11 is 17.3. The zero-order chi connectivity index (χ0) is 10.9. The van der Waals surface area contributed by atoms with E-state index in [-0.39, 0.29) is 0 Å². The largest absolute Gasteiger partial charge is 0.341 e. The maximum absolute atomic E-state index is 5.77. The van der Waals surface area contributed by atoms with Crippen LogP contribution in [0.4, 0.5) is 0 Å². The predicted octanol–water partition coefficient (Wildman–Crippen LogP) is 4.33. The van der Waals surface area contributed by atoms with Gasteiger partial charge in [0.2, 0.25) is 0 Å². The average Bonchev–Trinajstić information content (AvgIpc) is 2.08. The molecule has 0 spiro atoms. The average molecular weight is 277 g/mol. The van der Waals surface area contributed by atoms with E-state index in [2.05, 4.69) is 0 Å². The van der Waals surface area contributed by atoms with Crippen molar-refractivity contribution in [3.63, 3.8) is 0 Å². The summed E-state index contributed by atoms with van der Waals surface area (Å²) in [4.78, 5) is 0. The fourth-order valence-corrected chi connectivity index (χ4v) is 3.21. The molecule has 0 aromatic heterocycles. The first-order valence-electron chi connectivity index (χ1n) is 5.33. The van der Waals surface area contributed by atoms with E-state index >= 15 is 0 Å². The Bertz CT molecular complexity index is 128. The minimum absolute atomic E-state index is 0.806. The van der Waals surface area contributed by atoms with Crippen molar-refractivity contribution in [3.8, 4) is 0 Å². The van der Waals surface area contributed by atoms with E-state index in [0.717, 1.165) is 25.4 Å². The molecule has 0 rings (SSSR count). The van der Waals surface area contributed by atoms with E-state index in [1.807, 2.05) is 0 Å². The molecule has 0 heterocycles. The Kier molecular flexibility index (Phi) is 9.98. The fourth-order valence-electron chi connectivity index (χ4n) is 1.35. The Morgan fingerprint density at radius 2 is 1.14 bits per heavy atom. The molecule has 0 aromatic carbocycles. The Labute approximate surface area is 102 Å². The van der Waals surface area contributed by atoms with E-state index in [1.54, 1.807) is 0 Å². The standard InChI is InChI=1S/C9H20Cl3NSi/c10-14(11,12)9-7-5-3-1-2-4-6-8-13/h1-9,13H2. The van der Waals surface area contributed by atoms with Crippen LogP contribution in [0.5, 0.6) is 0 Å². The molecule has 0 bridgehead atoms. The van der Waals surface area contributed by atoms with Gasteiger partial charge < -0.3 is 5.73 Å². The Morgan fingerprint density at radius 1 is 0.714 bits per heavy atom. The molecule has 0 aliphatic rings. The van der Waals surface area contributed by atoms with Gasteiger partial charge in [0.1, 0.15) is 0 Å². The van der Waals surface area contributed by atoms with Crippen LogP contribution < -0.4 is 5.73 Å². The highest BCUT2D eigenvalue weighted by Gasteiger charge is 2.23. The van der Waals surface area contributed by atoms with Crippen LogP contribution in [0, 0.1) is 0 Å². The minimum atomic E-state index is -2.34. The van der Waals surface area contributed by atoms with E-state index in [1.165, 1.54) is 32.1 Å². The third-order valence-electron chi connectivity index (χ3n) is 2.16. The number of unbranched alkanes of at least 4 members (excludes halogenated alkanes) is 6. The lowest BCUT2D eigenvalue weighted by atomic mass is 10.1. The molecule has 0 amide bonds. The molecule has 2 N–H and O–H groups in total. The van der Waals surface area contributed by atoms with Crippen LogP contribution in [0.25, 0.3) is 0 Å². The van der Waals surface area contributed by atoms with Crippen LogP contribution in [0.3, 0.4) is 0 Å². The highest BCUT2D eigenvalue weighted by molar-refractivity contribution is 7.64. The van der Waals surface area contributed by atoms with Gasteiger partial charge in [0.05, 0.1) is 0 Å². The molecule has 0 saturated heterocycles. The Balaban J connectivity index is 2.99. The highest BCUT2D eigenvalue weighted by Crippen LogP contribution is 2.27. The van der Waals surface area contributed by atoms with Crippen molar-refractivity contribution in [2.75, 3.05) is 6.54 Å². The van der Waals surface area contributed by atoms with Crippen molar-refractivity contribution >= 4 is 39.2 Å². The van der Waals surface area contributed by atoms with Crippen molar-refractivity contribution in [1.82, 2.24) is 0 Å². The first-order chi connectivity index (χ1) is 6.56. The lowest BCUT2D eigenvalue weighted by Gasteiger charge is -2.06. The van der Waals surface area contributed by atoms with Gasteiger partial charge in [-0.1, -0.05) is 38.5 Å². The number of halogens is 3. The molecule has 0 aliphatic heterocycles. The van der Waals surface area contributed by atoms with Gasteiger partial charge in [-0.05, 0) is 19.0 Å². The second-order valence-electron chi connectivity index (χ2n) is 3.63. The highest BCUT2D eigenvalue weighted by atomic mass is 35.8. The van der Waals surface area contributed by atoms with Crippen LogP contribution in [0.15, 0.2) is 0 Å². The van der Waals surface area contributed by atoms with Crippen LogP contribution in [0.2, 0.25) is 6.04 Å². The van der Waals surface area contributed by atoms with E-state index in [0.29, 0.717) is 0 Å². The quantitative estimate of drug-likeness (QED) is 0.379. The van der Waals surface area contributed by atoms with Crippen LogP contribution in [-0.2, 0) is 0 Å². The summed E-state index contributed by atoms with van der Waals surface area (Å²) in [7, 11) is 0. The van der Waals surface area contributed by atoms with Gasteiger partial charge in [-0.3, -0.25) is 0 Å². The van der Waals surface area contributed by atoms with Gasteiger partial charge >= 0.3 is 6.00 Å². The Hall–Kier alpha value is 1.05. The van der Waals surface area contributed by atoms with Gasteiger partial charge in [0, 0.05) is 0 Å². The second-order valence-corrected chi connectivity index (χ2v) is 12.9. The van der Waals surface area contributed by atoms with Crippen molar-refractivity contribution in [3.05, 3.63) is 0 Å². The van der Waals surface area contributed by atoms with Crippen molar-refractivity contribution in [2.24, 2.45) is 5.73 Å². The van der Waals surface area contributed by atoms with Gasteiger partial charge in [-0.15, -0.1) is 33.2 Å². The molecular weight excluding hydrogens is 257 g/mol. The van der Waals surface area contributed by atoms with Crippen LogP contribution >= 0.6 is 33.2 Å². The van der Waals surface area contributed by atoms with Crippen molar-refractivity contribution in [2.45, 2.75) is 51.0 Å². The number of rotatable bonds is 9. The van der Waals surface area contributed by atoms with E-state index in [9.17, 15) is 0 Å². The lowest BCUT2D eigenvalue weighted by molar-refractivity contribution is 0.592. The monoisotopic (exact) mass is 275 g/mol. The predicted molar refractivity (Wildman–Crippen MR) is 69.5 cm³/mol. The zero-order valence-corrected chi connectivity index (χ0v) is 11.8. The lowest BCUT2D eigenvalue weighted by Crippen LogP contribution is -2.07. The minimum Gasteiger partial charge on any atom is -0.330 e. The van der Waals surface area contributed by atoms with Gasteiger partial charge in [-0.25, -0.2) is 0 Å². The summed E-state index contributed by atoms with van der Waals surface area (Å²) in [6, 6.07) is -1.53. The van der Waals surface area contributed by atoms with E-state index < -0.39 is 6.00 Å². The van der Waals surface area contributed by atoms with Crippen molar-refractivity contribution in [1.29, 1.82) is 0 Å². The summed E-state index contributed by atoms with van der Waals surface area (Å²) in [6.45, 7) is 0.818. The summed E-state index contributed by atoms with van der Waals surface area (Å²) in [6.07, 6.45) is 8.53. The molecule has 0 aromatic rings. The first kappa shape index (κ1) is 15.0. The second kappa shape index (κ2) is 9.29. The number of hydrogen-bond donors (Lipinski definition) is 1. The summed E-state index contributed by atoms with van der Waals surface area (Å²) in [5, 5.41) is 0. The molecule has 86 valence electrons. The third kappa shape index (κ3) is 13.0. The molecule has 0 atom stereocenters. The first-order valence-corrected chi connectivity index (χ1v) is 10.6. The molecular formula is C9H20Cl3NSi. The van der Waals surface area contributed by atoms with Crippen LogP contribution in [-0.4, -0.2) is 12.5 Å². The molecule has 14 heavy (non-hydrogen) atoms. The molecule has 1 nitrogen and oxygen atoms in total. The molecule has 0 saturated carbocycles. The normalized spacial score (nSPS) is 12.0. The molecule has 0 unspecified atom stereocenters. The molecule has 0 fully saturated rings. The fraction of sp³-hybridized carbons (Fsp3) is 1.00. The van der Waals surface area contributed by atoms with Gasteiger partial charge in [0.25, 0.3) is 0 Å². The molecule has 0 aliphatic carbocycles. The summed E-state index contributed by atoms with van der Waals surface area (Å²) in [5.41, 5.74) is 5.40. The third-order valence-corrected chi connectivity index (χ3v) is 4.79. The van der Waals surface area contributed by atoms with Gasteiger partial charge in [-0.2, -0.15) is 0 Å². The maximum Gasteiger partial charge on any atom is 0.341 e. The topological polar surface area (TPSA) is 26.0 Å². The van der Waals surface area contributed by atoms with E-state index in [4.69, 9.17) is 39.0 Å². The zero-order valence-electron chi connectivity index (χ0n) is 8.58. The smallest absolute Gasteiger partial charge is 0.330 e. The summed E-state index contributed by atoms with van der Waals surface area (Å²) in [5.74, 6) is 0. The van der Waals surface area contributed by atoms with Crippen molar-refractivity contribution < 1.29 is 0 Å². The Morgan fingerprint density at radius 3 is 1.57 bits per heavy atom.